The summed E-state index contributed by atoms with van der Waals surface area (Å²) in [7, 11) is 0. The van der Waals surface area contributed by atoms with E-state index in [0.29, 0.717) is 0 Å². The van der Waals surface area contributed by atoms with Gasteiger partial charge in [-0.2, -0.15) is 0 Å². The molecule has 9 heteroatoms. The first kappa shape index (κ1) is 16.1. The van der Waals surface area contributed by atoms with E-state index in [1.807, 2.05) is 0 Å². The largest absolute Gasteiger partial charge is 0.478 e. The fraction of sp³-hybridized carbons (Fsp3) is 0. The fourth-order valence-electron chi connectivity index (χ4n) is 2.47. The minimum Gasteiger partial charge on any atom is -0.478 e. The first-order valence-corrected chi connectivity index (χ1v) is 7.60. The third-order valence-corrected chi connectivity index (χ3v) is 4.33. The number of aromatic carboxylic acids is 1. The van der Waals surface area contributed by atoms with E-state index in [0.717, 1.165) is 17.0 Å². The van der Waals surface area contributed by atoms with Gasteiger partial charge in [0, 0.05) is 15.7 Å². The van der Waals surface area contributed by atoms with Crippen LogP contribution in [0.1, 0.15) is 31.1 Å². The number of hydrogen-bond acceptors (Lipinski definition) is 5. The van der Waals surface area contributed by atoms with E-state index >= 15 is 0 Å². The fourth-order valence-corrected chi connectivity index (χ4v) is 3.32. The monoisotopic (exact) mass is 438 g/mol. The lowest BCUT2D eigenvalue weighted by Crippen LogP contribution is -2.32. The summed E-state index contributed by atoms with van der Waals surface area (Å²) in [4.78, 5) is 47.5. The van der Waals surface area contributed by atoms with Crippen molar-refractivity contribution in [2.24, 2.45) is 0 Å². The number of nitro groups is 1. The lowest BCUT2D eigenvalue weighted by molar-refractivity contribution is -0.385. The molecule has 0 saturated heterocycles. The second-order valence-corrected chi connectivity index (χ2v) is 6.04. The number of carboxylic acid groups (broad SMARTS) is 1. The van der Waals surface area contributed by atoms with Gasteiger partial charge in [0.25, 0.3) is 17.5 Å². The van der Waals surface area contributed by atoms with Crippen molar-refractivity contribution in [1.82, 2.24) is 0 Å². The van der Waals surface area contributed by atoms with Crippen LogP contribution in [-0.4, -0.2) is 27.8 Å². The van der Waals surface area contributed by atoms with E-state index in [-0.39, 0.29) is 20.4 Å². The van der Waals surface area contributed by atoms with Gasteiger partial charge in [0.05, 0.1) is 27.3 Å². The van der Waals surface area contributed by atoms with Crippen LogP contribution in [0.25, 0.3) is 0 Å². The minimum atomic E-state index is -1.47. The van der Waals surface area contributed by atoms with E-state index in [1.165, 1.54) is 12.1 Å². The predicted molar refractivity (Wildman–Crippen MR) is 90.4 cm³/mol. The van der Waals surface area contributed by atoms with Crippen molar-refractivity contribution >= 4 is 51.7 Å². The molecule has 2 aromatic rings. The van der Waals surface area contributed by atoms with Crippen LogP contribution < -0.4 is 4.90 Å². The standard InChI is InChI=1S/C15H7IN2O6/c16-11-6-7(18(23)24)5-10(15(21)22)12(11)17-13(19)8-3-1-2-4-9(8)14(17)20/h1-6H,(H,21,22). The molecular formula is C15H7IN2O6. The first-order chi connectivity index (χ1) is 11.3. The maximum absolute atomic E-state index is 12.5. The summed E-state index contributed by atoms with van der Waals surface area (Å²) in [6, 6.07) is 8.07. The summed E-state index contributed by atoms with van der Waals surface area (Å²) >= 11 is 1.67. The molecule has 0 bridgehead atoms. The molecule has 0 fully saturated rings. The van der Waals surface area contributed by atoms with Gasteiger partial charge in [-0.3, -0.25) is 19.7 Å². The summed E-state index contributed by atoms with van der Waals surface area (Å²) in [6.07, 6.45) is 0. The molecule has 1 heterocycles. The van der Waals surface area contributed by atoms with Gasteiger partial charge in [-0.15, -0.1) is 0 Å². The third kappa shape index (κ3) is 2.33. The molecular weight excluding hydrogens is 431 g/mol. The summed E-state index contributed by atoms with van der Waals surface area (Å²) in [5.41, 5.74) is -0.763. The Morgan fingerprint density at radius 3 is 2.12 bits per heavy atom. The average Bonchev–Trinajstić information content (AvgIpc) is 2.78. The third-order valence-electron chi connectivity index (χ3n) is 3.51. The molecule has 0 spiro atoms. The van der Waals surface area contributed by atoms with Crippen LogP contribution in [0.15, 0.2) is 36.4 Å². The molecule has 0 radical (unpaired) electrons. The van der Waals surface area contributed by atoms with E-state index in [2.05, 4.69) is 0 Å². The number of non-ortho nitro benzene ring substituents is 1. The first-order valence-electron chi connectivity index (χ1n) is 6.52. The molecule has 2 aromatic carbocycles. The molecule has 0 aliphatic carbocycles. The van der Waals surface area contributed by atoms with Gasteiger partial charge in [0.2, 0.25) is 0 Å². The molecule has 120 valence electrons. The van der Waals surface area contributed by atoms with Crippen LogP contribution in [0.2, 0.25) is 0 Å². The number of imide groups is 1. The summed E-state index contributed by atoms with van der Waals surface area (Å²) in [5, 5.41) is 20.3. The second kappa shape index (κ2) is 5.67. The molecule has 2 amide bonds. The van der Waals surface area contributed by atoms with Crippen LogP contribution >= 0.6 is 22.6 Å². The van der Waals surface area contributed by atoms with Gasteiger partial charge in [-0.1, -0.05) is 12.1 Å². The maximum atomic E-state index is 12.5. The topological polar surface area (TPSA) is 118 Å². The number of fused-ring (bicyclic) bond motifs is 1. The van der Waals surface area contributed by atoms with Crippen LogP contribution in [-0.2, 0) is 0 Å². The number of amides is 2. The number of anilines is 1. The van der Waals surface area contributed by atoms with Crippen molar-refractivity contribution in [2.45, 2.75) is 0 Å². The number of carbonyl (C=O) groups is 3. The van der Waals surface area contributed by atoms with Crippen molar-refractivity contribution in [2.75, 3.05) is 4.90 Å². The van der Waals surface area contributed by atoms with Crippen LogP contribution in [0.3, 0.4) is 0 Å². The van der Waals surface area contributed by atoms with Gasteiger partial charge in [-0.05, 0) is 34.7 Å². The number of carbonyl (C=O) groups excluding carboxylic acids is 2. The molecule has 8 nitrogen and oxygen atoms in total. The number of hydrogen-bond donors (Lipinski definition) is 1. The normalized spacial score (nSPS) is 13.1. The Morgan fingerprint density at radius 1 is 1.12 bits per heavy atom. The zero-order valence-electron chi connectivity index (χ0n) is 11.7. The highest BCUT2D eigenvalue weighted by molar-refractivity contribution is 14.1. The molecule has 1 aliphatic rings. The Labute approximate surface area is 148 Å². The molecule has 0 unspecified atom stereocenters. The minimum absolute atomic E-state index is 0.119. The quantitative estimate of drug-likeness (QED) is 0.341. The number of nitrogens with zero attached hydrogens (tertiary/aromatic N) is 2. The highest BCUT2D eigenvalue weighted by Crippen LogP contribution is 2.36. The summed E-state index contributed by atoms with van der Waals surface area (Å²) in [6.45, 7) is 0. The lowest BCUT2D eigenvalue weighted by atomic mass is 10.1. The van der Waals surface area contributed by atoms with Crippen molar-refractivity contribution in [3.63, 3.8) is 0 Å². The van der Waals surface area contributed by atoms with E-state index in [1.54, 1.807) is 34.7 Å². The Morgan fingerprint density at radius 2 is 1.67 bits per heavy atom. The predicted octanol–water partition coefficient (Wildman–Crippen LogP) is 2.70. The zero-order valence-corrected chi connectivity index (χ0v) is 13.9. The van der Waals surface area contributed by atoms with Gasteiger partial charge in [0.15, 0.2) is 0 Å². The van der Waals surface area contributed by atoms with E-state index < -0.39 is 34.0 Å². The number of carboxylic acids is 1. The van der Waals surface area contributed by atoms with Gasteiger partial charge in [0.1, 0.15) is 0 Å². The van der Waals surface area contributed by atoms with Gasteiger partial charge >= 0.3 is 5.97 Å². The summed E-state index contributed by atoms with van der Waals surface area (Å²) < 4.78 is 0.119. The molecule has 0 atom stereocenters. The van der Waals surface area contributed by atoms with Crippen molar-refractivity contribution in [1.29, 1.82) is 0 Å². The molecule has 0 saturated carbocycles. The van der Waals surface area contributed by atoms with Crippen LogP contribution in [0.4, 0.5) is 11.4 Å². The molecule has 1 N–H and O–H groups in total. The Hall–Kier alpha value is -2.82. The Bertz CT molecular complexity index is 905. The second-order valence-electron chi connectivity index (χ2n) is 4.88. The number of halogens is 1. The Kier molecular flexibility index (Phi) is 3.79. The lowest BCUT2D eigenvalue weighted by Gasteiger charge is -2.18. The van der Waals surface area contributed by atoms with Crippen molar-refractivity contribution < 1.29 is 24.4 Å². The number of benzene rings is 2. The van der Waals surface area contributed by atoms with Gasteiger partial charge < -0.3 is 5.11 Å². The van der Waals surface area contributed by atoms with Gasteiger partial charge in [-0.25, -0.2) is 9.69 Å². The number of rotatable bonds is 3. The smallest absolute Gasteiger partial charge is 0.338 e. The maximum Gasteiger partial charge on any atom is 0.338 e. The van der Waals surface area contributed by atoms with E-state index in [4.69, 9.17) is 0 Å². The zero-order chi connectivity index (χ0) is 17.6. The molecule has 24 heavy (non-hydrogen) atoms. The molecule has 3 rings (SSSR count). The highest BCUT2D eigenvalue weighted by atomic mass is 127. The molecule has 0 aromatic heterocycles. The SMILES string of the molecule is O=C(O)c1cc([N+](=O)[O-])cc(I)c1N1C(=O)c2ccccc2C1=O. The van der Waals surface area contributed by atoms with Crippen molar-refractivity contribution in [3.8, 4) is 0 Å². The van der Waals surface area contributed by atoms with Crippen molar-refractivity contribution in [3.05, 3.63) is 66.8 Å². The van der Waals surface area contributed by atoms with E-state index in [9.17, 15) is 29.6 Å². The molecule has 1 aliphatic heterocycles. The number of nitro benzene ring substituents is 1. The van der Waals surface area contributed by atoms with Crippen LogP contribution in [0.5, 0.6) is 0 Å². The summed E-state index contributed by atoms with van der Waals surface area (Å²) in [5.74, 6) is -2.79. The average molecular weight is 438 g/mol. The Balaban J connectivity index is 2.24. The highest BCUT2D eigenvalue weighted by Gasteiger charge is 2.39. The van der Waals surface area contributed by atoms with Crippen LogP contribution in [0, 0.1) is 13.7 Å².